The number of esters is 1. The van der Waals surface area contributed by atoms with E-state index in [4.69, 9.17) is 22.0 Å². The van der Waals surface area contributed by atoms with Gasteiger partial charge < -0.3 is 16.2 Å². The van der Waals surface area contributed by atoms with Gasteiger partial charge in [-0.05, 0) is 42.8 Å². The van der Waals surface area contributed by atoms with Gasteiger partial charge in [0.05, 0.1) is 29.9 Å². The average Bonchev–Trinajstić information content (AvgIpc) is 3.20. The largest absolute Gasteiger partial charge is 0.462 e. The molecule has 2 aromatic carbocycles. The fraction of sp³-hybridized carbons (Fsp3) is 0.143. The van der Waals surface area contributed by atoms with Crippen molar-refractivity contribution in [3.05, 3.63) is 77.7 Å². The van der Waals surface area contributed by atoms with Gasteiger partial charge in [-0.15, -0.1) is 0 Å². The highest BCUT2D eigenvalue weighted by Crippen LogP contribution is 2.34. The van der Waals surface area contributed by atoms with Gasteiger partial charge >= 0.3 is 12.1 Å². The number of ether oxygens (including phenoxy) is 1. The summed E-state index contributed by atoms with van der Waals surface area (Å²) in [7, 11) is 0. The lowest BCUT2D eigenvalue weighted by Gasteiger charge is -2.16. The summed E-state index contributed by atoms with van der Waals surface area (Å²) in [4.78, 5) is 11.9. The van der Waals surface area contributed by atoms with Crippen molar-refractivity contribution < 1.29 is 22.7 Å². The highest BCUT2D eigenvalue weighted by Gasteiger charge is 2.41. The summed E-state index contributed by atoms with van der Waals surface area (Å²) in [5.41, 5.74) is 11.9. The van der Waals surface area contributed by atoms with Crippen LogP contribution in [0.5, 0.6) is 0 Å². The second kappa shape index (κ2) is 9.02. The molecule has 0 spiro atoms. The maximum atomic E-state index is 13.6. The molecule has 1 heterocycles. The number of alkyl halides is 3. The summed E-state index contributed by atoms with van der Waals surface area (Å²) in [5, 5.41) is 5.02. The minimum atomic E-state index is -4.83. The zero-order chi connectivity index (χ0) is 23.5. The lowest BCUT2D eigenvalue weighted by atomic mass is 10.1. The van der Waals surface area contributed by atoms with Crippen molar-refractivity contribution in [2.75, 3.05) is 17.3 Å². The number of hydrogen-bond acceptors (Lipinski definition) is 7. The number of anilines is 2. The molecule has 0 saturated carbocycles. The molecular weight excluding hydrogens is 425 g/mol. The van der Waals surface area contributed by atoms with E-state index in [-0.39, 0.29) is 18.0 Å². The molecule has 0 unspecified atom stereocenters. The number of aromatic nitrogens is 2. The quantitative estimate of drug-likeness (QED) is 0.230. The van der Waals surface area contributed by atoms with E-state index in [9.17, 15) is 18.0 Å². The number of carbonyl (C=O) groups is 1. The normalized spacial score (nSPS) is 12.0. The van der Waals surface area contributed by atoms with Crippen LogP contribution in [0.1, 0.15) is 28.5 Å². The van der Waals surface area contributed by atoms with Crippen LogP contribution in [0.3, 0.4) is 0 Å². The molecule has 32 heavy (non-hydrogen) atoms. The molecule has 11 heteroatoms. The highest BCUT2D eigenvalue weighted by atomic mass is 19.4. The van der Waals surface area contributed by atoms with E-state index in [2.05, 4.69) is 5.10 Å². The number of halogens is 3. The Balaban J connectivity index is 1.91. The highest BCUT2D eigenvalue weighted by molar-refractivity contribution is 5.90. The van der Waals surface area contributed by atoms with Crippen LogP contribution < -0.4 is 22.3 Å². The average molecular weight is 446 g/mol. The van der Waals surface area contributed by atoms with E-state index >= 15 is 0 Å². The molecule has 0 atom stereocenters. The fourth-order valence-corrected chi connectivity index (χ4v) is 2.95. The molecule has 0 saturated heterocycles. The Bertz CT molecular complexity index is 1140. The number of rotatable bonds is 6. The van der Waals surface area contributed by atoms with Gasteiger partial charge in [0.25, 0.3) is 0 Å². The maximum absolute atomic E-state index is 13.6. The van der Waals surface area contributed by atoms with Crippen molar-refractivity contribution in [2.24, 2.45) is 11.6 Å². The van der Waals surface area contributed by atoms with Crippen LogP contribution >= 0.6 is 0 Å². The van der Waals surface area contributed by atoms with Crippen LogP contribution in [0.15, 0.2) is 60.9 Å². The van der Waals surface area contributed by atoms with Crippen LogP contribution in [0, 0.1) is 0 Å². The third kappa shape index (κ3) is 4.83. The minimum absolute atomic E-state index is 0.0602. The minimum Gasteiger partial charge on any atom is -0.462 e. The van der Waals surface area contributed by atoms with Gasteiger partial charge in [0.1, 0.15) is 5.56 Å². The first-order valence-electron chi connectivity index (χ1n) is 9.41. The summed E-state index contributed by atoms with van der Waals surface area (Å²) < 4.78 is 46.3. The lowest BCUT2D eigenvalue weighted by molar-refractivity contribution is -0.143. The second-order valence-corrected chi connectivity index (χ2v) is 6.67. The predicted octanol–water partition coefficient (Wildman–Crippen LogP) is 3.29. The van der Waals surface area contributed by atoms with Crippen molar-refractivity contribution in [1.82, 2.24) is 9.78 Å². The zero-order valence-corrected chi connectivity index (χ0v) is 17.0. The Labute approximate surface area is 181 Å². The Morgan fingerprint density at radius 2 is 1.91 bits per heavy atom. The molecule has 0 aliphatic carbocycles. The van der Waals surface area contributed by atoms with E-state index in [1.54, 1.807) is 24.3 Å². The van der Waals surface area contributed by atoms with Gasteiger partial charge in [0.2, 0.25) is 0 Å². The summed E-state index contributed by atoms with van der Waals surface area (Å²) in [5.74, 6) is 4.89. The summed E-state index contributed by atoms with van der Waals surface area (Å²) in [6, 6.07) is 12.7. The Morgan fingerprint density at radius 1 is 1.22 bits per heavy atom. The van der Waals surface area contributed by atoms with Crippen LogP contribution in [0.25, 0.3) is 11.4 Å². The number of carbonyl (C=O) groups excluding carboxylic acids is 1. The first-order valence-corrected chi connectivity index (χ1v) is 9.41. The van der Waals surface area contributed by atoms with Crippen molar-refractivity contribution in [2.45, 2.75) is 13.1 Å². The summed E-state index contributed by atoms with van der Waals surface area (Å²) in [6.45, 7) is 1.44. The smallest absolute Gasteiger partial charge is 0.434 e. The molecule has 3 aromatic rings. The Kier molecular flexibility index (Phi) is 6.40. The Morgan fingerprint density at radius 3 is 2.50 bits per heavy atom. The van der Waals surface area contributed by atoms with Crippen LogP contribution in [0.2, 0.25) is 0 Å². The van der Waals surface area contributed by atoms with Crippen molar-refractivity contribution in [1.29, 1.82) is 0 Å². The number of nitrogens with two attached hydrogens (primary N) is 3. The van der Waals surface area contributed by atoms with E-state index in [0.29, 0.717) is 21.6 Å². The second-order valence-electron chi connectivity index (χ2n) is 6.67. The molecule has 0 radical (unpaired) electrons. The molecule has 1 aromatic heterocycles. The number of hydrogen-bond donors (Lipinski definition) is 3. The first kappa shape index (κ1) is 22.7. The molecule has 8 nitrogen and oxygen atoms in total. The third-order valence-corrected chi connectivity index (χ3v) is 4.42. The van der Waals surface area contributed by atoms with E-state index in [0.717, 1.165) is 6.20 Å². The van der Waals surface area contributed by atoms with Crippen LogP contribution in [-0.4, -0.2) is 22.4 Å². The molecule has 3 rings (SSSR count). The lowest BCUT2D eigenvalue weighted by Crippen LogP contribution is -2.25. The number of benzene rings is 2. The van der Waals surface area contributed by atoms with Gasteiger partial charge in [-0.25, -0.2) is 15.3 Å². The molecule has 6 N–H and O–H groups in total. The Hall–Kier alpha value is -3.99. The monoisotopic (exact) mass is 446 g/mol. The molecule has 0 fully saturated rings. The fourth-order valence-electron chi connectivity index (χ4n) is 2.95. The van der Waals surface area contributed by atoms with Gasteiger partial charge in [-0.2, -0.15) is 18.3 Å². The molecule has 0 bridgehead atoms. The van der Waals surface area contributed by atoms with Gasteiger partial charge in [0.15, 0.2) is 5.69 Å². The summed E-state index contributed by atoms with van der Waals surface area (Å²) in [6.07, 6.45) is -2.54. The van der Waals surface area contributed by atoms with Gasteiger partial charge in [-0.1, -0.05) is 18.2 Å². The molecule has 0 amide bonds. The number of hydrazine groups is 1. The maximum Gasteiger partial charge on any atom is 0.434 e. The standard InChI is InChI=1S/C21H21F3N6O2/c1-2-32-20(31)17-11-28-30(19(17)21(22,23)24)15-8-6-13(7-9-15)18(26)12-29(27)16-5-3-4-14(25)10-16/h3-12H,2,25-27H2,1H3/b18-12-. The summed E-state index contributed by atoms with van der Waals surface area (Å²) >= 11 is 0. The van der Waals surface area contributed by atoms with E-state index in [1.165, 1.54) is 42.4 Å². The van der Waals surface area contributed by atoms with Crippen LogP contribution in [0.4, 0.5) is 24.5 Å². The molecular formula is C21H21F3N6O2. The molecule has 0 aliphatic heterocycles. The first-order chi connectivity index (χ1) is 15.1. The predicted molar refractivity (Wildman–Crippen MR) is 114 cm³/mol. The van der Waals surface area contributed by atoms with Crippen molar-refractivity contribution in [3.8, 4) is 5.69 Å². The van der Waals surface area contributed by atoms with Gasteiger partial charge in [-0.3, -0.25) is 5.01 Å². The van der Waals surface area contributed by atoms with Crippen LogP contribution in [-0.2, 0) is 10.9 Å². The number of nitrogens with zero attached hydrogens (tertiary/aromatic N) is 3. The van der Waals surface area contributed by atoms with E-state index in [1.807, 2.05) is 0 Å². The topological polar surface area (TPSA) is 125 Å². The van der Waals surface area contributed by atoms with Gasteiger partial charge in [0, 0.05) is 11.9 Å². The van der Waals surface area contributed by atoms with Crippen molar-refractivity contribution in [3.63, 3.8) is 0 Å². The SMILES string of the molecule is CCOC(=O)c1cnn(-c2ccc(/C(N)=C/N(N)c3cccc(N)c3)cc2)c1C(F)(F)F. The number of nitrogen functional groups attached to an aromatic ring is 1. The molecule has 168 valence electrons. The third-order valence-electron chi connectivity index (χ3n) is 4.42. The van der Waals surface area contributed by atoms with E-state index < -0.39 is 23.4 Å². The zero-order valence-electron chi connectivity index (χ0n) is 17.0. The van der Waals surface area contributed by atoms with Crippen molar-refractivity contribution >= 4 is 23.0 Å². The molecule has 0 aliphatic rings.